The lowest BCUT2D eigenvalue weighted by atomic mass is 9.94. The maximum absolute atomic E-state index is 5.92. The lowest BCUT2D eigenvalue weighted by Gasteiger charge is -2.27. The van der Waals surface area contributed by atoms with Gasteiger partial charge < -0.3 is 13.7 Å². The average Bonchev–Trinajstić information content (AvgIpc) is 2.03. The van der Waals surface area contributed by atoms with Gasteiger partial charge in [0.2, 0.25) is 0 Å². The second-order valence-corrected chi connectivity index (χ2v) is 21.5. The summed E-state index contributed by atoms with van der Waals surface area (Å²) in [4.78, 5) is 22.6. The van der Waals surface area contributed by atoms with Gasteiger partial charge in [-0.2, -0.15) is 0 Å². The highest BCUT2D eigenvalue weighted by Gasteiger charge is 2.32. The summed E-state index contributed by atoms with van der Waals surface area (Å²) in [7, 11) is 0. The molecule has 390 valence electrons. The minimum atomic E-state index is 0.609. The van der Waals surface area contributed by atoms with Gasteiger partial charge in [-0.15, -0.1) is 0 Å². The first-order chi connectivity index (χ1) is 41.0. The largest absolute Gasteiger partial charge is 0.308 e. The molecule has 0 amide bonds. The summed E-state index contributed by atoms with van der Waals surface area (Å²) in [5, 5.41) is 6.89. The summed E-state index contributed by atoms with van der Waals surface area (Å²) < 4.78 is 7.49. The first-order valence-electron chi connectivity index (χ1n) is 28.2. The molecule has 7 heteroatoms. The summed E-state index contributed by atoms with van der Waals surface area (Å²) in [5.74, 6) is 1.23. The Morgan fingerprint density at radius 2 is 0.590 bits per heavy atom. The number of rotatable bonds is 9. The predicted octanol–water partition coefficient (Wildman–Crippen LogP) is 19.2. The zero-order valence-electron chi connectivity index (χ0n) is 45.6. The SMILES string of the molecule is Cc1ccc2c(c1)c1cc(C)ccc1n2-c1cc(-c2cc(-c3ccccc3)nc(-c3ccccc3)n2)c(-n2c3ccccc3c3ccccc32)c(-c2cc(-c3ccccc3)nc(-c3ccccc3)n2)c1-n1c2ccccc2c2ccccc21. The molecule has 0 unspecified atom stereocenters. The fraction of sp³-hybridized carbons (Fsp3) is 0.0263. The lowest BCUT2D eigenvalue weighted by Crippen LogP contribution is -2.12. The van der Waals surface area contributed by atoms with Crippen LogP contribution in [0.5, 0.6) is 0 Å². The van der Waals surface area contributed by atoms with Crippen LogP contribution in [0.2, 0.25) is 0 Å². The smallest absolute Gasteiger partial charge is 0.160 e. The third kappa shape index (κ3) is 7.88. The van der Waals surface area contributed by atoms with Crippen molar-refractivity contribution in [2.24, 2.45) is 0 Å². The van der Waals surface area contributed by atoms with Gasteiger partial charge in [0.25, 0.3) is 0 Å². The van der Waals surface area contributed by atoms with Crippen LogP contribution in [0.3, 0.4) is 0 Å². The van der Waals surface area contributed by atoms with E-state index in [0.29, 0.717) is 11.6 Å². The first kappa shape index (κ1) is 47.9. The Labute approximate surface area is 479 Å². The normalized spacial score (nSPS) is 11.7. The molecule has 5 aromatic heterocycles. The van der Waals surface area contributed by atoms with Crippen molar-refractivity contribution in [2.75, 3.05) is 0 Å². The van der Waals surface area contributed by atoms with Crippen molar-refractivity contribution in [1.29, 1.82) is 0 Å². The summed E-state index contributed by atoms with van der Waals surface area (Å²) in [6.45, 7) is 4.37. The van der Waals surface area contributed by atoms with Crippen molar-refractivity contribution in [3.63, 3.8) is 0 Å². The Hall–Kier alpha value is -11.0. The Morgan fingerprint density at radius 3 is 1.02 bits per heavy atom. The molecule has 16 rings (SSSR count). The standard InChI is InChI=1S/C76H51N7/c1-48-39-41-69-58(43-48)59-44-49(2)40-42-70(59)81(69)71-45-60(63-46-61(50-23-7-3-8-24-50)77-75(79-63)52-27-11-5-12-28-52)73(82-65-35-19-15-31-54(65)55-32-16-20-36-66(55)82)72(74(71)83-67-37-21-17-33-56(67)57-34-18-22-38-68(57)83)64-47-62(51-25-9-4-10-26-51)78-76(80-64)53-29-13-6-14-30-53/h3-47H,1-2H3. The fourth-order valence-electron chi connectivity index (χ4n) is 12.7. The van der Waals surface area contributed by atoms with Crippen molar-refractivity contribution in [2.45, 2.75) is 13.8 Å². The number of benzene rings is 11. The number of aryl methyl sites for hydroxylation is 2. The van der Waals surface area contributed by atoms with Gasteiger partial charge in [-0.1, -0.05) is 217 Å². The molecule has 0 saturated heterocycles. The minimum absolute atomic E-state index is 0.609. The lowest BCUT2D eigenvalue weighted by molar-refractivity contribution is 1.07. The topological polar surface area (TPSA) is 66.3 Å². The Morgan fingerprint density at radius 1 is 0.253 bits per heavy atom. The van der Waals surface area contributed by atoms with Gasteiger partial charge >= 0.3 is 0 Å². The number of aromatic nitrogens is 7. The molecule has 0 atom stereocenters. The quantitative estimate of drug-likeness (QED) is 0.144. The molecule has 0 aliphatic heterocycles. The summed E-state index contributed by atoms with van der Waals surface area (Å²) in [6, 6.07) is 97.6. The molecular formula is C76H51N7. The second kappa shape index (κ2) is 19.4. The molecule has 0 radical (unpaired) electrons. The fourth-order valence-corrected chi connectivity index (χ4v) is 12.7. The van der Waals surface area contributed by atoms with Crippen LogP contribution in [0, 0.1) is 13.8 Å². The van der Waals surface area contributed by atoms with Crippen LogP contribution in [0.15, 0.2) is 273 Å². The van der Waals surface area contributed by atoms with E-state index in [9.17, 15) is 0 Å². The van der Waals surface area contributed by atoms with Crippen molar-refractivity contribution < 1.29 is 0 Å². The molecule has 0 aliphatic carbocycles. The van der Waals surface area contributed by atoms with Crippen molar-refractivity contribution in [3.8, 4) is 84.9 Å². The molecular weight excluding hydrogens is 1010 g/mol. The molecule has 7 nitrogen and oxygen atoms in total. The third-order valence-electron chi connectivity index (χ3n) is 16.4. The Bertz CT molecular complexity index is 4930. The molecule has 11 aromatic carbocycles. The minimum Gasteiger partial charge on any atom is -0.308 e. The van der Waals surface area contributed by atoms with Gasteiger partial charge in [0.05, 0.1) is 78.5 Å². The van der Waals surface area contributed by atoms with Gasteiger partial charge in [0.1, 0.15) is 0 Å². The molecule has 0 fully saturated rings. The van der Waals surface area contributed by atoms with Gasteiger partial charge in [-0.05, 0) is 80.6 Å². The zero-order chi connectivity index (χ0) is 55.1. The summed E-state index contributed by atoms with van der Waals surface area (Å²) >= 11 is 0. The number of fused-ring (bicyclic) bond motifs is 9. The van der Waals surface area contributed by atoms with Crippen LogP contribution in [-0.4, -0.2) is 33.6 Å². The highest BCUT2D eigenvalue weighted by molar-refractivity contribution is 6.15. The van der Waals surface area contributed by atoms with Gasteiger partial charge in [0.15, 0.2) is 11.6 Å². The van der Waals surface area contributed by atoms with Crippen LogP contribution in [-0.2, 0) is 0 Å². The van der Waals surface area contributed by atoms with Crippen LogP contribution in [0.4, 0.5) is 0 Å². The molecule has 0 N–H and O–H groups in total. The van der Waals surface area contributed by atoms with Crippen LogP contribution < -0.4 is 0 Å². The van der Waals surface area contributed by atoms with Gasteiger partial charge in [-0.3, -0.25) is 0 Å². The maximum atomic E-state index is 5.92. The number of para-hydroxylation sites is 4. The van der Waals surface area contributed by atoms with Crippen molar-refractivity contribution in [1.82, 2.24) is 33.6 Å². The van der Waals surface area contributed by atoms with E-state index in [1.807, 2.05) is 12.1 Å². The molecule has 0 bridgehead atoms. The van der Waals surface area contributed by atoms with E-state index in [4.69, 9.17) is 19.9 Å². The zero-order valence-corrected chi connectivity index (χ0v) is 45.6. The van der Waals surface area contributed by atoms with E-state index in [0.717, 1.165) is 128 Å². The molecule has 16 aromatic rings. The molecule has 5 heterocycles. The van der Waals surface area contributed by atoms with Crippen molar-refractivity contribution in [3.05, 3.63) is 284 Å². The summed E-state index contributed by atoms with van der Waals surface area (Å²) in [5.41, 5.74) is 20.2. The third-order valence-corrected chi connectivity index (χ3v) is 16.4. The van der Waals surface area contributed by atoms with E-state index in [1.54, 1.807) is 0 Å². The highest BCUT2D eigenvalue weighted by atomic mass is 15.1. The van der Waals surface area contributed by atoms with E-state index >= 15 is 0 Å². The summed E-state index contributed by atoms with van der Waals surface area (Å²) in [6.07, 6.45) is 0. The highest BCUT2D eigenvalue weighted by Crippen LogP contribution is 2.50. The van der Waals surface area contributed by atoms with E-state index in [2.05, 4.69) is 288 Å². The number of nitrogens with zero attached hydrogens (tertiary/aromatic N) is 7. The molecule has 0 spiro atoms. The number of hydrogen-bond acceptors (Lipinski definition) is 4. The second-order valence-electron chi connectivity index (χ2n) is 21.5. The Balaban J connectivity index is 1.21. The molecule has 83 heavy (non-hydrogen) atoms. The molecule has 0 aliphatic rings. The van der Waals surface area contributed by atoms with Crippen LogP contribution >= 0.6 is 0 Å². The van der Waals surface area contributed by atoms with E-state index in [1.165, 1.54) is 21.9 Å². The van der Waals surface area contributed by atoms with Crippen LogP contribution in [0.1, 0.15) is 11.1 Å². The van der Waals surface area contributed by atoms with Gasteiger partial charge in [-0.25, -0.2) is 19.9 Å². The first-order valence-corrected chi connectivity index (χ1v) is 28.2. The van der Waals surface area contributed by atoms with E-state index in [-0.39, 0.29) is 0 Å². The predicted molar refractivity (Wildman–Crippen MR) is 343 cm³/mol. The monoisotopic (exact) mass is 1060 g/mol. The maximum Gasteiger partial charge on any atom is 0.160 e. The van der Waals surface area contributed by atoms with Crippen molar-refractivity contribution >= 4 is 65.4 Å². The van der Waals surface area contributed by atoms with Crippen LogP contribution in [0.25, 0.3) is 150 Å². The van der Waals surface area contributed by atoms with E-state index < -0.39 is 0 Å². The Kier molecular flexibility index (Phi) is 11.2. The average molecular weight is 1060 g/mol. The number of hydrogen-bond donors (Lipinski definition) is 0. The molecule has 0 saturated carbocycles. The van der Waals surface area contributed by atoms with Gasteiger partial charge in [0, 0.05) is 60.1 Å².